The number of hydrogen-bond acceptors (Lipinski definition) is 6. The maximum atomic E-state index is 12.5. The summed E-state index contributed by atoms with van der Waals surface area (Å²) < 4.78 is 42.6. The third-order valence-corrected chi connectivity index (χ3v) is 2.65. The number of ether oxygens (including phenoxy) is 1. The summed E-state index contributed by atoms with van der Waals surface area (Å²) in [5.41, 5.74) is 3.42. The molecule has 0 saturated carbocycles. The summed E-state index contributed by atoms with van der Waals surface area (Å²) in [4.78, 5) is 18.2. The monoisotopic (exact) mass is 309 g/mol. The molecule has 0 aliphatic heterocycles. The summed E-state index contributed by atoms with van der Waals surface area (Å²) in [5, 5.41) is -0.0318. The van der Waals surface area contributed by atoms with Gasteiger partial charge >= 0.3 is 12.1 Å². The molecule has 0 spiro atoms. The van der Waals surface area contributed by atoms with E-state index in [2.05, 4.69) is 9.97 Å². The molecule has 0 amide bonds. The van der Waals surface area contributed by atoms with Crippen molar-refractivity contribution < 1.29 is 22.7 Å². The lowest BCUT2D eigenvalue weighted by atomic mass is 10.2. The van der Waals surface area contributed by atoms with Crippen molar-refractivity contribution in [3.63, 3.8) is 0 Å². The summed E-state index contributed by atoms with van der Waals surface area (Å²) in [5.74, 6) is -1.20. The zero-order valence-electron chi connectivity index (χ0n) is 11.1. The SMILES string of the molecule is CC(C)(C)OC(=O)CSc1cc(C(F)(F)F)nc(N)n1. The Morgan fingerprint density at radius 1 is 1.35 bits per heavy atom. The second-order valence-electron chi connectivity index (χ2n) is 4.82. The molecule has 0 saturated heterocycles. The average Bonchev–Trinajstić information content (AvgIpc) is 2.22. The summed E-state index contributed by atoms with van der Waals surface area (Å²) in [6.07, 6.45) is -4.61. The Hall–Kier alpha value is -1.51. The molecular weight excluding hydrogens is 295 g/mol. The predicted octanol–water partition coefficient (Wildman–Crippen LogP) is 2.51. The summed E-state index contributed by atoms with van der Waals surface area (Å²) in [7, 11) is 0. The molecule has 9 heteroatoms. The van der Waals surface area contributed by atoms with E-state index >= 15 is 0 Å². The molecule has 1 heterocycles. The van der Waals surface area contributed by atoms with Crippen molar-refractivity contribution in [1.82, 2.24) is 9.97 Å². The van der Waals surface area contributed by atoms with Gasteiger partial charge in [0.2, 0.25) is 5.95 Å². The fourth-order valence-electron chi connectivity index (χ4n) is 1.17. The van der Waals surface area contributed by atoms with E-state index in [1.54, 1.807) is 20.8 Å². The molecule has 5 nitrogen and oxygen atoms in total. The number of nitrogens with two attached hydrogens (primary N) is 1. The molecule has 0 aliphatic rings. The third kappa shape index (κ3) is 5.64. The standard InChI is InChI=1S/C11H14F3N3O2S/c1-10(2,3)19-8(18)5-20-7-4-6(11(12,13)14)16-9(15)17-7/h4H,5H2,1-3H3,(H2,15,16,17). The first-order valence-corrected chi connectivity index (χ1v) is 6.52. The molecule has 0 radical (unpaired) electrons. The topological polar surface area (TPSA) is 78.1 Å². The van der Waals surface area contributed by atoms with Crippen molar-refractivity contribution in [3.8, 4) is 0 Å². The van der Waals surface area contributed by atoms with Gasteiger partial charge in [-0.15, -0.1) is 0 Å². The van der Waals surface area contributed by atoms with Gasteiger partial charge in [-0.05, 0) is 20.8 Å². The zero-order valence-corrected chi connectivity index (χ0v) is 11.9. The van der Waals surface area contributed by atoms with Crippen LogP contribution < -0.4 is 5.73 Å². The van der Waals surface area contributed by atoms with Gasteiger partial charge < -0.3 is 10.5 Å². The van der Waals surface area contributed by atoms with Crippen LogP contribution in [-0.4, -0.2) is 27.3 Å². The van der Waals surface area contributed by atoms with E-state index in [0.717, 1.165) is 17.8 Å². The lowest BCUT2D eigenvalue weighted by Gasteiger charge is -2.19. The molecular formula is C11H14F3N3O2S. The van der Waals surface area contributed by atoms with Gasteiger partial charge in [0.25, 0.3) is 0 Å². The highest BCUT2D eigenvalue weighted by Gasteiger charge is 2.33. The normalized spacial score (nSPS) is 12.3. The van der Waals surface area contributed by atoms with Gasteiger partial charge in [-0.2, -0.15) is 13.2 Å². The third-order valence-electron chi connectivity index (χ3n) is 1.77. The Kier molecular flexibility index (Phi) is 4.85. The number of alkyl halides is 3. The van der Waals surface area contributed by atoms with E-state index in [9.17, 15) is 18.0 Å². The molecule has 2 N–H and O–H groups in total. The van der Waals surface area contributed by atoms with Crippen LogP contribution in [0, 0.1) is 0 Å². The molecule has 0 aromatic carbocycles. The summed E-state index contributed by atoms with van der Waals surface area (Å²) >= 11 is 0.808. The molecule has 0 aliphatic carbocycles. The number of anilines is 1. The van der Waals surface area contributed by atoms with Crippen LogP contribution in [0.25, 0.3) is 0 Å². The number of hydrogen-bond donors (Lipinski definition) is 1. The number of aromatic nitrogens is 2. The van der Waals surface area contributed by atoms with Crippen LogP contribution in [0.15, 0.2) is 11.1 Å². The maximum absolute atomic E-state index is 12.5. The van der Waals surface area contributed by atoms with Crippen molar-refractivity contribution in [2.75, 3.05) is 11.5 Å². The second-order valence-corrected chi connectivity index (χ2v) is 5.82. The van der Waals surface area contributed by atoms with Crippen LogP contribution in [0.3, 0.4) is 0 Å². The Morgan fingerprint density at radius 2 is 1.95 bits per heavy atom. The minimum Gasteiger partial charge on any atom is -0.459 e. The highest BCUT2D eigenvalue weighted by molar-refractivity contribution is 7.99. The second kappa shape index (κ2) is 5.86. The molecule has 0 bridgehead atoms. The maximum Gasteiger partial charge on any atom is 0.433 e. The number of thioether (sulfide) groups is 1. The minimum atomic E-state index is -4.61. The molecule has 0 unspecified atom stereocenters. The molecule has 112 valence electrons. The first kappa shape index (κ1) is 16.5. The first-order chi connectivity index (χ1) is 8.97. The Labute approximate surface area is 118 Å². The fourth-order valence-corrected chi connectivity index (χ4v) is 1.84. The van der Waals surface area contributed by atoms with Gasteiger partial charge in [0.15, 0.2) is 5.69 Å². The van der Waals surface area contributed by atoms with Crippen LogP contribution in [-0.2, 0) is 15.7 Å². The van der Waals surface area contributed by atoms with Gasteiger partial charge in [-0.1, -0.05) is 11.8 Å². The van der Waals surface area contributed by atoms with Gasteiger partial charge in [0, 0.05) is 6.07 Å². The van der Waals surface area contributed by atoms with E-state index in [4.69, 9.17) is 10.5 Å². The van der Waals surface area contributed by atoms with Crippen molar-refractivity contribution in [3.05, 3.63) is 11.8 Å². The molecule has 1 aromatic heterocycles. The van der Waals surface area contributed by atoms with Gasteiger partial charge in [-0.25, -0.2) is 9.97 Å². The largest absolute Gasteiger partial charge is 0.459 e. The Morgan fingerprint density at radius 3 is 2.45 bits per heavy atom. The fraction of sp³-hybridized carbons (Fsp3) is 0.545. The predicted molar refractivity (Wildman–Crippen MR) is 68.0 cm³/mol. The number of nitrogen functional groups attached to an aromatic ring is 1. The number of halogens is 3. The van der Waals surface area contributed by atoms with E-state index in [0.29, 0.717) is 0 Å². The van der Waals surface area contributed by atoms with Gasteiger partial charge in [0.1, 0.15) is 10.6 Å². The average molecular weight is 309 g/mol. The van der Waals surface area contributed by atoms with Crippen LogP contribution in [0.1, 0.15) is 26.5 Å². The highest BCUT2D eigenvalue weighted by atomic mass is 32.2. The van der Waals surface area contributed by atoms with Gasteiger partial charge in [0.05, 0.1) is 5.75 Å². The van der Waals surface area contributed by atoms with Crippen molar-refractivity contribution >= 4 is 23.7 Å². The van der Waals surface area contributed by atoms with Crippen molar-refractivity contribution in [2.24, 2.45) is 0 Å². The van der Waals surface area contributed by atoms with Crippen LogP contribution >= 0.6 is 11.8 Å². The van der Waals surface area contributed by atoms with E-state index < -0.39 is 29.4 Å². The van der Waals surface area contributed by atoms with Crippen molar-refractivity contribution in [2.45, 2.75) is 37.6 Å². The number of esters is 1. The highest BCUT2D eigenvalue weighted by Crippen LogP contribution is 2.30. The zero-order chi connectivity index (χ0) is 15.6. The lowest BCUT2D eigenvalue weighted by molar-refractivity contribution is -0.151. The van der Waals surface area contributed by atoms with E-state index in [1.165, 1.54) is 0 Å². The van der Waals surface area contributed by atoms with Crippen LogP contribution in [0.5, 0.6) is 0 Å². The van der Waals surface area contributed by atoms with Crippen LogP contribution in [0.4, 0.5) is 19.1 Å². The van der Waals surface area contributed by atoms with E-state index in [1.807, 2.05) is 0 Å². The number of nitrogens with zero attached hydrogens (tertiary/aromatic N) is 2. The summed E-state index contributed by atoms with van der Waals surface area (Å²) in [6.45, 7) is 5.08. The molecule has 20 heavy (non-hydrogen) atoms. The Bertz CT molecular complexity index is 501. The van der Waals surface area contributed by atoms with Gasteiger partial charge in [-0.3, -0.25) is 4.79 Å². The molecule has 0 fully saturated rings. The minimum absolute atomic E-state index is 0.0318. The Balaban J connectivity index is 2.74. The summed E-state index contributed by atoms with van der Waals surface area (Å²) in [6, 6.07) is 0.741. The number of rotatable bonds is 3. The molecule has 1 aromatic rings. The van der Waals surface area contributed by atoms with Crippen LogP contribution in [0.2, 0.25) is 0 Å². The lowest BCUT2D eigenvalue weighted by Crippen LogP contribution is -2.25. The first-order valence-electron chi connectivity index (χ1n) is 5.54. The smallest absolute Gasteiger partial charge is 0.433 e. The number of carbonyl (C=O) groups is 1. The number of carbonyl (C=O) groups excluding carboxylic acids is 1. The van der Waals surface area contributed by atoms with E-state index in [-0.39, 0.29) is 10.8 Å². The molecule has 1 rings (SSSR count). The molecule has 0 atom stereocenters. The quantitative estimate of drug-likeness (QED) is 0.525. The van der Waals surface area contributed by atoms with Crippen molar-refractivity contribution in [1.29, 1.82) is 0 Å².